The van der Waals surface area contributed by atoms with Crippen molar-refractivity contribution in [1.29, 1.82) is 0 Å². The molecule has 2 heterocycles. The van der Waals surface area contributed by atoms with Crippen molar-refractivity contribution in [3.63, 3.8) is 0 Å². The minimum absolute atomic E-state index is 0.118. The Balaban J connectivity index is 0.000000440. The third-order valence-electron chi connectivity index (χ3n) is 4.52. The van der Waals surface area contributed by atoms with E-state index in [2.05, 4.69) is 53.4 Å². The minimum atomic E-state index is -0.468. The number of benzene rings is 1. The first-order chi connectivity index (χ1) is 16.3. The van der Waals surface area contributed by atoms with Gasteiger partial charge in [-0.25, -0.2) is 8.78 Å². The van der Waals surface area contributed by atoms with Crippen LogP contribution in [0.5, 0.6) is 0 Å². The van der Waals surface area contributed by atoms with Gasteiger partial charge in [0.2, 0.25) is 0 Å². The summed E-state index contributed by atoms with van der Waals surface area (Å²) in [6.07, 6.45) is 1.93. The molecule has 2 aromatic heterocycles. The Morgan fingerprint density at radius 1 is 1.12 bits per heavy atom. The largest absolute Gasteiger partial charge is 0.448 e. The van der Waals surface area contributed by atoms with Crippen molar-refractivity contribution < 1.29 is 18.0 Å². The fourth-order valence-electron chi connectivity index (χ4n) is 2.71. The Morgan fingerprint density at radius 3 is 2.26 bits per heavy atom. The Kier molecular flexibility index (Phi) is 11.7. The van der Waals surface area contributed by atoms with Gasteiger partial charge in [-0.3, -0.25) is 9.78 Å². The van der Waals surface area contributed by atoms with E-state index in [0.29, 0.717) is 10.9 Å². The summed E-state index contributed by atoms with van der Waals surface area (Å²) < 4.78 is 30.2. The van der Waals surface area contributed by atoms with Crippen molar-refractivity contribution in [2.24, 2.45) is 0 Å². The van der Waals surface area contributed by atoms with E-state index in [1.165, 1.54) is 6.07 Å². The number of hydrogen-bond acceptors (Lipinski definition) is 3. The van der Waals surface area contributed by atoms with Crippen molar-refractivity contribution in [2.75, 3.05) is 7.05 Å². The molecule has 0 saturated heterocycles. The van der Waals surface area contributed by atoms with E-state index < -0.39 is 5.82 Å². The molecule has 0 bridgehead atoms. The highest BCUT2D eigenvalue weighted by molar-refractivity contribution is 5.99. The van der Waals surface area contributed by atoms with Crippen LogP contribution in [-0.4, -0.2) is 22.8 Å². The van der Waals surface area contributed by atoms with Gasteiger partial charge in [-0.1, -0.05) is 35.4 Å². The average Bonchev–Trinajstić information content (AvgIpc) is 3.21. The second-order valence-electron chi connectivity index (χ2n) is 6.55. The molecule has 1 amide bonds. The SMILES string of the molecule is C=C=C=C=C.C=C=C=C=CF.Cc1c(C(=O)N(C)C(C)c2ccccn2)oc2c(F)cccc12. The molecular formula is C28H24F2N2O2. The third-order valence-corrected chi connectivity index (χ3v) is 4.52. The number of halogens is 2. The quantitative estimate of drug-likeness (QED) is 0.399. The van der Waals surface area contributed by atoms with Crippen LogP contribution in [0.15, 0.2) is 107 Å². The molecule has 4 nitrogen and oxygen atoms in total. The van der Waals surface area contributed by atoms with Gasteiger partial charge in [-0.2, -0.15) is 0 Å². The molecule has 0 saturated carbocycles. The zero-order valence-corrected chi connectivity index (χ0v) is 19.3. The summed E-state index contributed by atoms with van der Waals surface area (Å²) in [5.41, 5.74) is 14.9. The average molecular weight is 459 g/mol. The highest BCUT2D eigenvalue weighted by Gasteiger charge is 2.26. The van der Waals surface area contributed by atoms with Crippen LogP contribution in [0, 0.1) is 12.7 Å². The van der Waals surface area contributed by atoms with Gasteiger partial charge in [-0.15, -0.1) is 0 Å². The van der Waals surface area contributed by atoms with E-state index in [1.54, 1.807) is 37.2 Å². The smallest absolute Gasteiger partial charge is 0.290 e. The van der Waals surface area contributed by atoms with Gasteiger partial charge in [0.1, 0.15) is 6.33 Å². The maximum atomic E-state index is 13.8. The number of pyridine rings is 1. The predicted molar refractivity (Wildman–Crippen MR) is 129 cm³/mol. The van der Waals surface area contributed by atoms with Gasteiger partial charge in [-0.05, 0) is 69.0 Å². The first-order valence-electron chi connectivity index (χ1n) is 9.93. The molecule has 0 spiro atoms. The Labute approximate surface area is 197 Å². The Bertz CT molecular complexity index is 1340. The fraction of sp³-hybridized carbons (Fsp3) is 0.143. The van der Waals surface area contributed by atoms with Crippen LogP contribution in [0.25, 0.3) is 11.0 Å². The maximum Gasteiger partial charge on any atom is 0.290 e. The second kappa shape index (κ2) is 14.5. The van der Waals surface area contributed by atoms with E-state index >= 15 is 0 Å². The van der Waals surface area contributed by atoms with Crippen LogP contribution in [-0.2, 0) is 0 Å². The van der Waals surface area contributed by atoms with Crippen LogP contribution in [0.3, 0.4) is 0 Å². The molecule has 172 valence electrons. The Hall–Kier alpha value is -4.60. The van der Waals surface area contributed by atoms with Gasteiger partial charge in [0.05, 0.1) is 11.7 Å². The molecule has 6 heteroatoms. The number of amides is 1. The third kappa shape index (κ3) is 7.52. The highest BCUT2D eigenvalue weighted by atomic mass is 19.1. The van der Waals surface area contributed by atoms with Gasteiger partial charge < -0.3 is 9.32 Å². The number of rotatable bonds is 3. The molecule has 0 aliphatic heterocycles. The molecular weight excluding hydrogens is 434 g/mol. The summed E-state index contributed by atoms with van der Waals surface area (Å²) >= 11 is 0. The highest BCUT2D eigenvalue weighted by Crippen LogP contribution is 2.29. The summed E-state index contributed by atoms with van der Waals surface area (Å²) in [6.45, 7) is 13.2. The standard InChI is InChI=1S/C18H17FN2O2.C5H3F.C5H4/c1-11-13-7-6-8-14(19)17(13)23-16(11)18(22)21(3)12(2)15-9-4-5-10-20-15;1-2-3-4-5-6;1-3-5-4-2/h4-10,12H,1-3H3;5H,1H2;1-2H2. The summed E-state index contributed by atoms with van der Waals surface area (Å²) in [7, 11) is 1.69. The van der Waals surface area contributed by atoms with Gasteiger partial charge in [0.15, 0.2) is 17.2 Å². The lowest BCUT2D eigenvalue weighted by molar-refractivity contribution is 0.0708. The van der Waals surface area contributed by atoms with Crippen molar-refractivity contribution in [2.45, 2.75) is 19.9 Å². The first-order valence-corrected chi connectivity index (χ1v) is 9.93. The molecule has 1 unspecified atom stereocenters. The second-order valence-corrected chi connectivity index (χ2v) is 6.55. The number of fused-ring (bicyclic) bond motifs is 1. The van der Waals surface area contributed by atoms with Crippen LogP contribution in [0.4, 0.5) is 8.78 Å². The number of aromatic nitrogens is 1. The molecule has 0 aliphatic rings. The van der Waals surface area contributed by atoms with Gasteiger partial charge >= 0.3 is 0 Å². The molecule has 3 aromatic rings. The number of para-hydroxylation sites is 1. The van der Waals surface area contributed by atoms with E-state index in [1.807, 2.05) is 30.9 Å². The molecule has 34 heavy (non-hydrogen) atoms. The molecule has 0 radical (unpaired) electrons. The minimum Gasteiger partial charge on any atom is -0.448 e. The molecule has 0 N–H and O–H groups in total. The van der Waals surface area contributed by atoms with Gasteiger partial charge in [0, 0.05) is 24.2 Å². The van der Waals surface area contributed by atoms with Crippen molar-refractivity contribution in [3.8, 4) is 0 Å². The van der Waals surface area contributed by atoms with E-state index in [-0.39, 0.29) is 29.6 Å². The molecule has 1 atom stereocenters. The molecule has 0 aliphatic carbocycles. The zero-order valence-electron chi connectivity index (χ0n) is 19.3. The lowest BCUT2D eigenvalue weighted by Gasteiger charge is -2.23. The predicted octanol–water partition coefficient (Wildman–Crippen LogP) is 6.94. The number of furan rings is 1. The topological polar surface area (TPSA) is 46.3 Å². The summed E-state index contributed by atoms with van der Waals surface area (Å²) in [5.74, 6) is -0.600. The monoisotopic (exact) mass is 458 g/mol. The van der Waals surface area contributed by atoms with Crippen LogP contribution in [0.1, 0.15) is 34.8 Å². The normalized spacial score (nSPS) is 9.56. The maximum absolute atomic E-state index is 13.8. The number of carbonyl (C=O) groups is 1. The van der Waals surface area contributed by atoms with E-state index in [9.17, 15) is 13.6 Å². The van der Waals surface area contributed by atoms with E-state index in [0.717, 1.165) is 5.69 Å². The number of hydrogen-bond donors (Lipinski definition) is 0. The Morgan fingerprint density at radius 2 is 1.79 bits per heavy atom. The lowest BCUT2D eigenvalue weighted by Crippen LogP contribution is -2.30. The molecule has 3 rings (SSSR count). The van der Waals surface area contributed by atoms with Crippen LogP contribution in [0.2, 0.25) is 0 Å². The summed E-state index contributed by atoms with van der Waals surface area (Å²) in [4.78, 5) is 18.6. The van der Waals surface area contributed by atoms with E-state index in [4.69, 9.17) is 4.42 Å². The lowest BCUT2D eigenvalue weighted by atomic mass is 10.1. The first kappa shape index (κ1) is 27.4. The molecule has 0 fully saturated rings. The van der Waals surface area contributed by atoms with Crippen molar-refractivity contribution in [1.82, 2.24) is 9.88 Å². The van der Waals surface area contributed by atoms with Crippen molar-refractivity contribution in [3.05, 3.63) is 126 Å². The van der Waals surface area contributed by atoms with Crippen LogP contribution < -0.4 is 0 Å². The number of aryl methyl sites for hydroxylation is 1. The van der Waals surface area contributed by atoms with Crippen LogP contribution >= 0.6 is 0 Å². The number of nitrogens with zero attached hydrogens (tertiary/aromatic N) is 2. The zero-order chi connectivity index (χ0) is 25.5. The number of carbonyl (C=O) groups excluding carboxylic acids is 1. The summed E-state index contributed by atoms with van der Waals surface area (Å²) in [5, 5.41) is 0.618. The van der Waals surface area contributed by atoms with Gasteiger partial charge in [0.25, 0.3) is 5.91 Å². The van der Waals surface area contributed by atoms with Crippen molar-refractivity contribution >= 4 is 16.9 Å². The molecule has 1 aromatic carbocycles. The summed E-state index contributed by atoms with van der Waals surface area (Å²) in [6, 6.07) is 10.0. The fourth-order valence-corrected chi connectivity index (χ4v) is 2.71.